The number of rotatable bonds is 3. The first kappa shape index (κ1) is 16.2. The van der Waals surface area contributed by atoms with E-state index in [9.17, 15) is 20.4 Å². The topological polar surface area (TPSA) is 111 Å². The predicted molar refractivity (Wildman–Crippen MR) is 102 cm³/mol. The molecule has 1 aliphatic rings. The zero-order valence-corrected chi connectivity index (χ0v) is 14.8. The zero-order valence-electron chi connectivity index (χ0n) is 14.8. The summed E-state index contributed by atoms with van der Waals surface area (Å²) in [6, 6.07) is 14.5. The molecule has 7 heteroatoms. The maximum atomic E-state index is 10.6. The fourth-order valence-electron chi connectivity index (χ4n) is 3.57. The number of hydrogen-bond acceptors (Lipinski definition) is 5. The van der Waals surface area contributed by atoms with Gasteiger partial charge in [-0.3, -0.25) is 9.55 Å². The lowest BCUT2D eigenvalue weighted by Gasteiger charge is -2.14. The van der Waals surface area contributed by atoms with Crippen molar-refractivity contribution in [3.63, 3.8) is 0 Å². The van der Waals surface area contributed by atoms with Crippen LogP contribution in [0.15, 0.2) is 48.5 Å². The van der Waals surface area contributed by atoms with Gasteiger partial charge in [0.1, 0.15) is 11.5 Å². The Labute approximate surface area is 159 Å². The van der Waals surface area contributed by atoms with Crippen molar-refractivity contribution >= 4 is 0 Å². The Bertz CT molecular complexity index is 1170. The summed E-state index contributed by atoms with van der Waals surface area (Å²) in [5.41, 5.74) is 2.81. The van der Waals surface area contributed by atoms with E-state index in [2.05, 4.69) is 4.98 Å². The van der Waals surface area contributed by atoms with Crippen LogP contribution >= 0.6 is 0 Å². The van der Waals surface area contributed by atoms with Gasteiger partial charge in [0.05, 0.1) is 27.9 Å². The van der Waals surface area contributed by atoms with Gasteiger partial charge in [0.2, 0.25) is 11.8 Å². The van der Waals surface area contributed by atoms with Gasteiger partial charge in [-0.1, -0.05) is 17.7 Å². The number of nitrogens with zero attached hydrogens (tertiary/aromatic N) is 1. The van der Waals surface area contributed by atoms with E-state index in [1.165, 1.54) is 4.57 Å². The van der Waals surface area contributed by atoms with Gasteiger partial charge in [-0.05, 0) is 43.3 Å². The van der Waals surface area contributed by atoms with E-state index in [1.54, 1.807) is 24.3 Å². The molecule has 0 saturated heterocycles. The van der Waals surface area contributed by atoms with Gasteiger partial charge in [0, 0.05) is 0 Å². The minimum Gasteiger partial charge on any atom is -0.494 e. The number of ether oxygens (including phenoxy) is 1. The van der Waals surface area contributed by atoms with Crippen LogP contribution in [0.4, 0.5) is 0 Å². The van der Waals surface area contributed by atoms with E-state index in [1.807, 2.05) is 31.2 Å². The average molecular weight is 376 g/mol. The third-order valence-corrected chi connectivity index (χ3v) is 4.93. The fourth-order valence-corrected chi connectivity index (χ4v) is 3.57. The highest BCUT2D eigenvalue weighted by Crippen LogP contribution is 2.64. The third kappa shape index (κ3) is 2.10. The highest BCUT2D eigenvalue weighted by molar-refractivity contribution is 6.12. The summed E-state index contributed by atoms with van der Waals surface area (Å²) in [7, 11) is 0. The molecule has 5 rings (SSSR count). The van der Waals surface area contributed by atoms with Gasteiger partial charge in [-0.15, -0.1) is 0 Å². The summed E-state index contributed by atoms with van der Waals surface area (Å²) >= 11 is 0. The Hall–Kier alpha value is -4.00. The first-order chi connectivity index (χ1) is 13.5. The van der Waals surface area contributed by atoms with E-state index in [0.29, 0.717) is 39.4 Å². The summed E-state index contributed by atoms with van der Waals surface area (Å²) in [5.74, 6) is 0.361. The lowest BCUT2D eigenvalue weighted by Crippen LogP contribution is -1.93. The highest BCUT2D eigenvalue weighted by Gasteiger charge is 2.41. The number of aromatic nitrogens is 2. The van der Waals surface area contributed by atoms with E-state index < -0.39 is 0 Å². The van der Waals surface area contributed by atoms with Crippen molar-refractivity contribution in [3.8, 4) is 63.0 Å². The summed E-state index contributed by atoms with van der Waals surface area (Å²) < 4.78 is 7.04. The molecule has 1 aliphatic carbocycles. The van der Waals surface area contributed by atoms with Gasteiger partial charge in [0.25, 0.3) is 0 Å². The molecule has 0 unspecified atom stereocenters. The molecule has 0 radical (unpaired) electrons. The van der Waals surface area contributed by atoms with Crippen LogP contribution in [0.3, 0.4) is 0 Å². The first-order valence-electron chi connectivity index (χ1n) is 8.62. The van der Waals surface area contributed by atoms with Crippen LogP contribution in [0.5, 0.6) is 35.0 Å². The molecule has 140 valence electrons. The number of benzene rings is 2. The molecule has 0 aliphatic heterocycles. The molecule has 0 bridgehead atoms. The van der Waals surface area contributed by atoms with Crippen LogP contribution in [-0.4, -0.2) is 30.0 Å². The summed E-state index contributed by atoms with van der Waals surface area (Å²) in [6.07, 6.45) is 0. The van der Waals surface area contributed by atoms with E-state index in [4.69, 9.17) is 4.74 Å². The maximum Gasteiger partial charge on any atom is 0.207 e. The van der Waals surface area contributed by atoms with Crippen LogP contribution in [0.25, 0.3) is 27.9 Å². The van der Waals surface area contributed by atoms with E-state index in [-0.39, 0.29) is 23.5 Å². The number of aromatic amines is 1. The molecule has 2 aromatic carbocycles. The molecule has 2 aromatic heterocycles. The zero-order chi connectivity index (χ0) is 19.6. The lowest BCUT2D eigenvalue weighted by molar-refractivity contribution is 0.402. The normalized spacial score (nSPS) is 11.6. The molecule has 5 N–H and O–H groups in total. The Morgan fingerprint density at radius 2 is 1.14 bits per heavy atom. The van der Waals surface area contributed by atoms with Crippen molar-refractivity contribution in [2.45, 2.75) is 6.92 Å². The van der Waals surface area contributed by atoms with Crippen molar-refractivity contribution in [1.82, 2.24) is 9.55 Å². The summed E-state index contributed by atoms with van der Waals surface area (Å²) in [6.45, 7) is 2.00. The largest absolute Gasteiger partial charge is 0.494 e. The summed E-state index contributed by atoms with van der Waals surface area (Å²) in [5, 5.41) is 40.9. The Balaban J connectivity index is 1.50. The molecule has 0 spiro atoms. The second-order valence-corrected chi connectivity index (χ2v) is 6.71. The molecule has 2 heterocycles. The van der Waals surface area contributed by atoms with Crippen LogP contribution in [0.2, 0.25) is 0 Å². The molecule has 7 nitrogen and oxygen atoms in total. The Morgan fingerprint density at radius 3 is 1.64 bits per heavy atom. The minimum absolute atomic E-state index is 0.221. The van der Waals surface area contributed by atoms with Gasteiger partial charge in [-0.2, -0.15) is 0 Å². The fraction of sp³-hybridized carbons (Fsp3) is 0.0476. The summed E-state index contributed by atoms with van der Waals surface area (Å²) in [4.78, 5) is 2.38. The molecular weight excluding hydrogens is 360 g/mol. The van der Waals surface area contributed by atoms with Gasteiger partial charge >= 0.3 is 0 Å². The predicted octanol–water partition coefficient (Wildman–Crippen LogP) is 4.38. The molecule has 0 fully saturated rings. The van der Waals surface area contributed by atoms with Crippen molar-refractivity contribution in [2.24, 2.45) is 0 Å². The van der Waals surface area contributed by atoms with Crippen molar-refractivity contribution < 1.29 is 25.2 Å². The van der Waals surface area contributed by atoms with Crippen molar-refractivity contribution in [3.05, 3.63) is 54.1 Å². The van der Waals surface area contributed by atoms with Crippen molar-refractivity contribution in [2.75, 3.05) is 0 Å². The van der Waals surface area contributed by atoms with Crippen LogP contribution in [0.1, 0.15) is 5.56 Å². The third-order valence-electron chi connectivity index (χ3n) is 4.93. The number of aryl methyl sites for hydroxylation is 1. The Kier molecular flexibility index (Phi) is 3.18. The number of hydrogen-bond donors (Lipinski definition) is 5. The maximum absolute atomic E-state index is 10.6. The van der Waals surface area contributed by atoms with E-state index in [0.717, 1.165) is 5.56 Å². The number of nitrogens with one attached hydrogen (secondary N) is 1. The van der Waals surface area contributed by atoms with Crippen LogP contribution in [0, 0.1) is 6.92 Å². The SMILES string of the molecule is Cc1ccc(Oc2ccc(-n3c(O)c4c(c3O)-c3c(O)[nH]c(O)c3-4)cc2)cc1. The number of H-pyrrole nitrogens is 1. The average Bonchev–Trinajstić information content (AvgIpc) is 2.99. The van der Waals surface area contributed by atoms with Crippen LogP contribution in [-0.2, 0) is 0 Å². The Morgan fingerprint density at radius 1 is 0.679 bits per heavy atom. The van der Waals surface area contributed by atoms with Crippen molar-refractivity contribution in [1.29, 1.82) is 0 Å². The van der Waals surface area contributed by atoms with Gasteiger partial charge in [0.15, 0.2) is 11.8 Å². The molecule has 4 aromatic rings. The smallest absolute Gasteiger partial charge is 0.207 e. The first-order valence-corrected chi connectivity index (χ1v) is 8.62. The second-order valence-electron chi connectivity index (χ2n) is 6.71. The second kappa shape index (κ2) is 5.50. The monoisotopic (exact) mass is 376 g/mol. The lowest BCUT2D eigenvalue weighted by atomic mass is 9.86. The van der Waals surface area contributed by atoms with E-state index >= 15 is 0 Å². The molecule has 0 atom stereocenters. The number of aromatic hydroxyl groups is 4. The van der Waals surface area contributed by atoms with Crippen LogP contribution < -0.4 is 4.74 Å². The minimum atomic E-state index is -0.255. The number of fused-ring (bicyclic) bond motifs is 4. The van der Waals surface area contributed by atoms with Gasteiger partial charge < -0.3 is 25.2 Å². The molecule has 0 saturated carbocycles. The highest BCUT2D eigenvalue weighted by atomic mass is 16.5. The quantitative estimate of drug-likeness (QED) is 0.321. The van der Waals surface area contributed by atoms with Gasteiger partial charge in [-0.25, -0.2) is 0 Å². The molecule has 0 amide bonds. The molecule has 28 heavy (non-hydrogen) atoms. The standard InChI is InChI=1S/C21H16N2O5/c1-10-2-6-12(7-3-10)28-13-8-4-11(5-9-13)23-20(26)16-14-15(17(16)21(23)27)19(25)22-18(14)24/h2-9,22,24-27H,1H3. The molecular formula is C21H16N2O5.